The van der Waals surface area contributed by atoms with Gasteiger partial charge in [0.15, 0.2) is 6.10 Å². The van der Waals surface area contributed by atoms with Crippen LogP contribution in [0.4, 0.5) is 0 Å². The SMILES string of the molecule is CCCCCCCCCC/C=C\CCCCCCCCCCCCCCCC(=O)OC(COC(=O)CCCCCCCCCCCCCCCCCCCCCCCCCCCCCCCCCC)COP(=O)(O)OCCN. The number of phosphoric ester groups is 1. The van der Waals surface area contributed by atoms with E-state index in [4.69, 9.17) is 24.3 Å². The third kappa shape index (κ3) is 63.9. The Balaban J connectivity index is 3.80. The summed E-state index contributed by atoms with van der Waals surface area (Å²) in [6.07, 6.45) is 77.4. The zero-order chi connectivity index (χ0) is 56.6. The maximum atomic E-state index is 12.7. The maximum Gasteiger partial charge on any atom is 0.472 e. The molecular formula is C68H134NO8P. The van der Waals surface area contributed by atoms with Crippen LogP contribution in [0.3, 0.4) is 0 Å². The van der Waals surface area contributed by atoms with Crippen LogP contribution in [0.5, 0.6) is 0 Å². The molecule has 2 atom stereocenters. The molecule has 3 N–H and O–H groups in total. The molecule has 0 radical (unpaired) electrons. The number of ether oxygens (including phenoxy) is 2. The normalized spacial score (nSPS) is 12.9. The van der Waals surface area contributed by atoms with Crippen molar-refractivity contribution in [3.63, 3.8) is 0 Å². The van der Waals surface area contributed by atoms with Crippen LogP contribution in [0.1, 0.15) is 380 Å². The lowest BCUT2D eigenvalue weighted by molar-refractivity contribution is -0.161. The molecule has 0 aromatic heterocycles. The summed E-state index contributed by atoms with van der Waals surface area (Å²) >= 11 is 0. The molecule has 0 rings (SSSR count). The van der Waals surface area contributed by atoms with E-state index in [9.17, 15) is 19.0 Å². The van der Waals surface area contributed by atoms with E-state index >= 15 is 0 Å². The Morgan fingerprint density at radius 1 is 0.372 bits per heavy atom. The van der Waals surface area contributed by atoms with Crippen LogP contribution in [0.25, 0.3) is 0 Å². The Morgan fingerprint density at radius 2 is 0.628 bits per heavy atom. The molecule has 0 aliphatic carbocycles. The number of allylic oxidation sites excluding steroid dienone is 2. The van der Waals surface area contributed by atoms with Gasteiger partial charge in [-0.25, -0.2) is 4.57 Å². The van der Waals surface area contributed by atoms with Crippen molar-refractivity contribution >= 4 is 19.8 Å². The predicted molar refractivity (Wildman–Crippen MR) is 335 cm³/mol. The summed E-state index contributed by atoms with van der Waals surface area (Å²) in [5.74, 6) is -0.802. The van der Waals surface area contributed by atoms with Crippen LogP contribution >= 0.6 is 7.82 Å². The van der Waals surface area contributed by atoms with Crippen molar-refractivity contribution in [2.75, 3.05) is 26.4 Å². The molecule has 0 spiro atoms. The van der Waals surface area contributed by atoms with Crippen LogP contribution in [0.15, 0.2) is 12.2 Å². The fraction of sp³-hybridized carbons (Fsp3) is 0.941. The summed E-state index contributed by atoms with van der Waals surface area (Å²) in [6, 6.07) is 0. The highest BCUT2D eigenvalue weighted by molar-refractivity contribution is 7.47. The lowest BCUT2D eigenvalue weighted by atomic mass is 10.0. The first-order valence-electron chi connectivity index (χ1n) is 34.7. The van der Waals surface area contributed by atoms with Crippen molar-refractivity contribution in [2.24, 2.45) is 5.73 Å². The molecule has 0 aliphatic rings. The molecular weight excluding hydrogens is 990 g/mol. The Bertz CT molecular complexity index is 1280. The number of esters is 2. The predicted octanol–water partition coefficient (Wildman–Crippen LogP) is 22.4. The molecule has 10 heteroatoms. The van der Waals surface area contributed by atoms with Crippen LogP contribution in [0, 0.1) is 0 Å². The highest BCUT2D eigenvalue weighted by atomic mass is 31.2. The number of carbonyl (C=O) groups excluding carboxylic acids is 2. The largest absolute Gasteiger partial charge is 0.472 e. The van der Waals surface area contributed by atoms with Crippen molar-refractivity contribution < 1.29 is 37.6 Å². The Kier molecular flexibility index (Phi) is 63.9. The third-order valence-electron chi connectivity index (χ3n) is 15.9. The van der Waals surface area contributed by atoms with Crippen LogP contribution in [0.2, 0.25) is 0 Å². The van der Waals surface area contributed by atoms with E-state index in [-0.39, 0.29) is 38.6 Å². The molecule has 78 heavy (non-hydrogen) atoms. The summed E-state index contributed by atoms with van der Waals surface area (Å²) < 4.78 is 33.2. The number of carbonyl (C=O) groups is 2. The van der Waals surface area contributed by atoms with Crippen molar-refractivity contribution in [1.82, 2.24) is 0 Å². The average molecular weight is 1120 g/mol. The van der Waals surface area contributed by atoms with Gasteiger partial charge in [-0.3, -0.25) is 18.6 Å². The van der Waals surface area contributed by atoms with Gasteiger partial charge in [0.2, 0.25) is 0 Å². The number of unbranched alkanes of at least 4 members (excludes halogenated alkanes) is 52. The van der Waals surface area contributed by atoms with E-state index in [1.807, 2.05) is 0 Å². The van der Waals surface area contributed by atoms with Crippen LogP contribution < -0.4 is 5.73 Å². The highest BCUT2D eigenvalue weighted by Gasteiger charge is 2.26. The number of nitrogens with two attached hydrogens (primary N) is 1. The number of rotatable bonds is 67. The van der Waals surface area contributed by atoms with E-state index < -0.39 is 26.5 Å². The quantitative estimate of drug-likeness (QED) is 0.0264. The van der Waals surface area contributed by atoms with Crippen molar-refractivity contribution in [3.05, 3.63) is 12.2 Å². The highest BCUT2D eigenvalue weighted by Crippen LogP contribution is 2.43. The van der Waals surface area contributed by atoms with Crippen LogP contribution in [-0.4, -0.2) is 49.3 Å². The molecule has 0 amide bonds. The molecule has 2 unspecified atom stereocenters. The Morgan fingerprint density at radius 3 is 0.910 bits per heavy atom. The van der Waals surface area contributed by atoms with Gasteiger partial charge in [-0.05, 0) is 38.5 Å². The van der Waals surface area contributed by atoms with Gasteiger partial charge < -0.3 is 20.1 Å². The van der Waals surface area contributed by atoms with E-state index in [0.717, 1.165) is 32.1 Å². The molecule has 0 aromatic rings. The Labute approximate surface area is 485 Å². The first kappa shape index (κ1) is 76.8. The summed E-state index contributed by atoms with van der Waals surface area (Å²) in [4.78, 5) is 35.3. The van der Waals surface area contributed by atoms with E-state index in [0.29, 0.717) is 6.42 Å². The van der Waals surface area contributed by atoms with Crippen molar-refractivity contribution in [1.29, 1.82) is 0 Å². The maximum absolute atomic E-state index is 12.7. The zero-order valence-electron chi connectivity index (χ0n) is 52.2. The van der Waals surface area contributed by atoms with Gasteiger partial charge in [0.1, 0.15) is 6.61 Å². The summed E-state index contributed by atoms with van der Waals surface area (Å²) in [5.41, 5.74) is 5.40. The van der Waals surface area contributed by atoms with E-state index in [1.54, 1.807) is 0 Å². The van der Waals surface area contributed by atoms with Crippen LogP contribution in [-0.2, 0) is 32.7 Å². The molecule has 0 saturated heterocycles. The molecule has 0 bridgehead atoms. The van der Waals surface area contributed by atoms with E-state index in [2.05, 4.69) is 26.0 Å². The zero-order valence-corrected chi connectivity index (χ0v) is 53.1. The van der Waals surface area contributed by atoms with Crippen molar-refractivity contribution in [3.8, 4) is 0 Å². The minimum absolute atomic E-state index is 0.0573. The fourth-order valence-electron chi connectivity index (χ4n) is 10.8. The molecule has 464 valence electrons. The second kappa shape index (κ2) is 64.9. The average Bonchev–Trinajstić information content (AvgIpc) is 3.43. The van der Waals surface area contributed by atoms with E-state index in [1.165, 1.54) is 315 Å². The molecule has 0 saturated carbocycles. The molecule has 0 aromatic carbocycles. The standard InChI is InChI=1S/C68H134NO8P/c1-3-5-7-9-11-13-15-17-19-21-23-25-27-29-30-31-32-33-34-35-37-38-40-42-44-46-48-50-52-54-56-58-60-67(70)74-64-66(65-76-78(72,73)75-63-62-69)77-68(71)61-59-57-55-53-51-49-47-45-43-41-39-36-28-26-24-22-20-18-16-14-12-10-8-6-4-2/h22,24,66H,3-21,23,25-65,69H2,1-2H3,(H,72,73)/b24-22-. The topological polar surface area (TPSA) is 134 Å². The minimum atomic E-state index is -4.39. The molecule has 0 fully saturated rings. The third-order valence-corrected chi connectivity index (χ3v) is 16.9. The fourth-order valence-corrected chi connectivity index (χ4v) is 11.5. The van der Waals surface area contributed by atoms with Gasteiger partial charge in [-0.2, -0.15) is 0 Å². The van der Waals surface area contributed by atoms with Gasteiger partial charge in [0, 0.05) is 19.4 Å². The number of hydrogen-bond donors (Lipinski definition) is 2. The summed E-state index contributed by atoms with van der Waals surface area (Å²) in [5, 5.41) is 0. The van der Waals surface area contributed by atoms with Crippen molar-refractivity contribution in [2.45, 2.75) is 386 Å². The van der Waals surface area contributed by atoms with Gasteiger partial charge in [0.05, 0.1) is 13.2 Å². The van der Waals surface area contributed by atoms with Gasteiger partial charge in [-0.1, -0.05) is 341 Å². The van der Waals surface area contributed by atoms with Gasteiger partial charge >= 0.3 is 19.8 Å². The monoisotopic (exact) mass is 1120 g/mol. The number of phosphoric acid groups is 1. The lowest BCUT2D eigenvalue weighted by Crippen LogP contribution is -2.29. The minimum Gasteiger partial charge on any atom is -0.462 e. The second-order valence-corrected chi connectivity index (χ2v) is 25.2. The summed E-state index contributed by atoms with van der Waals surface area (Å²) in [7, 11) is -4.39. The van der Waals surface area contributed by atoms with Gasteiger partial charge in [0.25, 0.3) is 0 Å². The second-order valence-electron chi connectivity index (χ2n) is 23.8. The first-order chi connectivity index (χ1) is 38.3. The first-order valence-corrected chi connectivity index (χ1v) is 36.2. The van der Waals surface area contributed by atoms with Gasteiger partial charge in [-0.15, -0.1) is 0 Å². The lowest BCUT2D eigenvalue weighted by Gasteiger charge is -2.19. The summed E-state index contributed by atoms with van der Waals surface area (Å²) in [6.45, 7) is 3.83. The molecule has 9 nitrogen and oxygen atoms in total. The number of hydrogen-bond acceptors (Lipinski definition) is 8. The molecule has 0 aliphatic heterocycles. The molecule has 0 heterocycles. The Hall–Kier alpha value is -1.25. The smallest absolute Gasteiger partial charge is 0.462 e.